The number of pyridine rings is 1. The molecule has 0 saturated heterocycles. The van der Waals surface area contributed by atoms with Crippen LogP contribution >= 0.6 is 0 Å². The zero-order chi connectivity index (χ0) is 22.0. The van der Waals surface area contributed by atoms with Gasteiger partial charge in [-0.2, -0.15) is 0 Å². The molecule has 2 aromatic heterocycles. The van der Waals surface area contributed by atoms with E-state index in [-0.39, 0.29) is 23.6 Å². The van der Waals surface area contributed by atoms with E-state index in [4.69, 9.17) is 4.74 Å². The maximum Gasteiger partial charge on any atom is 0.268 e. The SMILES string of the molecule is CC(C)Oc1ccc(-n2c(=O)ccc3cc(C(=O)NC(C)c4ccccc4)[nH]c32)cc1. The molecule has 0 bridgehead atoms. The lowest BCUT2D eigenvalue weighted by atomic mass is 10.1. The van der Waals surface area contributed by atoms with Gasteiger partial charge in [0.2, 0.25) is 0 Å². The van der Waals surface area contributed by atoms with Crippen LogP contribution in [0.5, 0.6) is 5.75 Å². The first-order valence-electron chi connectivity index (χ1n) is 10.3. The smallest absolute Gasteiger partial charge is 0.268 e. The van der Waals surface area contributed by atoms with Gasteiger partial charge in [0.05, 0.1) is 17.8 Å². The highest BCUT2D eigenvalue weighted by Gasteiger charge is 2.16. The quantitative estimate of drug-likeness (QED) is 0.483. The normalized spacial score (nSPS) is 12.1. The number of rotatable bonds is 6. The van der Waals surface area contributed by atoms with Gasteiger partial charge in [-0.15, -0.1) is 0 Å². The van der Waals surface area contributed by atoms with Gasteiger partial charge < -0.3 is 15.0 Å². The highest BCUT2D eigenvalue weighted by molar-refractivity contribution is 5.97. The van der Waals surface area contributed by atoms with Crippen molar-refractivity contribution >= 4 is 16.9 Å². The lowest BCUT2D eigenvalue weighted by Crippen LogP contribution is -2.27. The van der Waals surface area contributed by atoms with Crippen LogP contribution in [0.4, 0.5) is 0 Å². The number of amides is 1. The number of fused-ring (bicyclic) bond motifs is 1. The Kier molecular flexibility index (Phi) is 5.62. The first-order valence-corrected chi connectivity index (χ1v) is 10.3. The van der Waals surface area contributed by atoms with Crippen molar-refractivity contribution in [1.82, 2.24) is 14.9 Å². The lowest BCUT2D eigenvalue weighted by Gasteiger charge is -2.13. The second-order valence-electron chi connectivity index (χ2n) is 7.76. The summed E-state index contributed by atoms with van der Waals surface area (Å²) in [4.78, 5) is 28.6. The van der Waals surface area contributed by atoms with Crippen molar-refractivity contribution in [2.45, 2.75) is 32.9 Å². The summed E-state index contributed by atoms with van der Waals surface area (Å²) in [6.45, 7) is 5.86. The van der Waals surface area contributed by atoms with E-state index in [1.54, 1.807) is 16.7 Å². The number of H-pyrrole nitrogens is 1. The number of nitrogens with one attached hydrogen (secondary N) is 2. The van der Waals surface area contributed by atoms with E-state index in [2.05, 4.69) is 10.3 Å². The molecule has 0 radical (unpaired) electrons. The molecule has 31 heavy (non-hydrogen) atoms. The van der Waals surface area contributed by atoms with Crippen LogP contribution in [0, 0.1) is 0 Å². The van der Waals surface area contributed by atoms with E-state index in [1.807, 2.05) is 75.4 Å². The largest absolute Gasteiger partial charge is 0.491 e. The highest BCUT2D eigenvalue weighted by Crippen LogP contribution is 2.21. The molecular weight excluding hydrogens is 390 g/mol. The monoisotopic (exact) mass is 415 g/mol. The molecule has 0 saturated carbocycles. The first kappa shape index (κ1) is 20.5. The summed E-state index contributed by atoms with van der Waals surface area (Å²) in [5, 5.41) is 3.78. The Morgan fingerprint density at radius 1 is 0.968 bits per heavy atom. The van der Waals surface area contributed by atoms with Crippen LogP contribution in [0.1, 0.15) is 42.9 Å². The fraction of sp³-hybridized carbons (Fsp3) is 0.200. The summed E-state index contributed by atoms with van der Waals surface area (Å²) in [6, 6.07) is 21.9. The Balaban J connectivity index is 1.65. The third-order valence-electron chi connectivity index (χ3n) is 5.03. The first-order chi connectivity index (χ1) is 14.9. The molecule has 4 aromatic rings. The number of aromatic amines is 1. The van der Waals surface area contributed by atoms with Gasteiger partial charge in [0.1, 0.15) is 17.1 Å². The molecule has 2 aromatic carbocycles. The zero-order valence-corrected chi connectivity index (χ0v) is 17.8. The van der Waals surface area contributed by atoms with Gasteiger partial charge in [-0.1, -0.05) is 30.3 Å². The lowest BCUT2D eigenvalue weighted by molar-refractivity contribution is 0.0935. The van der Waals surface area contributed by atoms with Crippen molar-refractivity contribution in [3.63, 3.8) is 0 Å². The molecule has 1 unspecified atom stereocenters. The van der Waals surface area contributed by atoms with E-state index >= 15 is 0 Å². The van der Waals surface area contributed by atoms with Crippen LogP contribution < -0.4 is 15.6 Å². The van der Waals surface area contributed by atoms with E-state index in [1.165, 1.54) is 6.07 Å². The van der Waals surface area contributed by atoms with Gasteiger partial charge in [-0.3, -0.25) is 14.2 Å². The fourth-order valence-electron chi connectivity index (χ4n) is 3.54. The second kappa shape index (κ2) is 8.52. The average Bonchev–Trinajstić information content (AvgIpc) is 3.19. The Bertz CT molecular complexity index is 1250. The molecule has 0 fully saturated rings. The van der Waals surface area contributed by atoms with E-state index < -0.39 is 0 Å². The minimum Gasteiger partial charge on any atom is -0.491 e. The summed E-state index contributed by atoms with van der Waals surface area (Å²) in [5.74, 6) is 0.507. The molecule has 0 spiro atoms. The Hall–Kier alpha value is -3.80. The number of ether oxygens (including phenoxy) is 1. The molecule has 1 atom stereocenters. The van der Waals surface area contributed by atoms with Gasteiger partial charge in [-0.05, 0) is 62.7 Å². The summed E-state index contributed by atoms with van der Waals surface area (Å²) in [6.07, 6.45) is 0.0692. The summed E-state index contributed by atoms with van der Waals surface area (Å²) >= 11 is 0. The molecule has 2 N–H and O–H groups in total. The molecule has 0 aliphatic carbocycles. The van der Waals surface area contributed by atoms with Crippen LogP contribution in [-0.2, 0) is 0 Å². The molecule has 0 aliphatic rings. The van der Waals surface area contributed by atoms with Crippen molar-refractivity contribution in [3.05, 3.63) is 94.4 Å². The average molecular weight is 415 g/mol. The van der Waals surface area contributed by atoms with Crippen molar-refractivity contribution < 1.29 is 9.53 Å². The predicted molar refractivity (Wildman–Crippen MR) is 122 cm³/mol. The van der Waals surface area contributed by atoms with Gasteiger partial charge in [0, 0.05) is 11.5 Å². The third-order valence-corrected chi connectivity index (χ3v) is 5.03. The van der Waals surface area contributed by atoms with Crippen LogP contribution in [0.3, 0.4) is 0 Å². The standard InChI is InChI=1S/C25H25N3O3/c1-16(2)31-21-12-10-20(11-13-21)28-23(29)14-9-19-15-22(27-24(19)28)25(30)26-17(3)18-7-5-4-6-8-18/h4-17,27H,1-3H3,(H,26,30). The van der Waals surface area contributed by atoms with Gasteiger partial charge in [0.15, 0.2) is 0 Å². The van der Waals surface area contributed by atoms with E-state index in [9.17, 15) is 9.59 Å². The van der Waals surface area contributed by atoms with Crippen molar-refractivity contribution in [1.29, 1.82) is 0 Å². The summed E-state index contributed by atoms with van der Waals surface area (Å²) < 4.78 is 7.25. The van der Waals surface area contributed by atoms with Crippen molar-refractivity contribution in [2.24, 2.45) is 0 Å². The molecule has 158 valence electrons. The minimum absolute atomic E-state index is 0.0692. The molecule has 6 heteroatoms. The van der Waals surface area contributed by atoms with Gasteiger partial charge >= 0.3 is 0 Å². The number of hydrogen-bond donors (Lipinski definition) is 2. The fourth-order valence-corrected chi connectivity index (χ4v) is 3.54. The number of hydrogen-bond acceptors (Lipinski definition) is 3. The number of carbonyl (C=O) groups is 1. The Labute approximate surface area is 180 Å². The van der Waals surface area contributed by atoms with Crippen LogP contribution in [0.15, 0.2) is 77.6 Å². The third kappa shape index (κ3) is 4.38. The van der Waals surface area contributed by atoms with Crippen LogP contribution in [0.25, 0.3) is 16.7 Å². The van der Waals surface area contributed by atoms with E-state index in [0.29, 0.717) is 17.0 Å². The minimum atomic E-state index is -0.229. The topological polar surface area (TPSA) is 76.1 Å². The Morgan fingerprint density at radius 2 is 1.68 bits per heavy atom. The molecule has 4 rings (SSSR count). The highest BCUT2D eigenvalue weighted by atomic mass is 16.5. The predicted octanol–water partition coefficient (Wildman–Crippen LogP) is 4.60. The van der Waals surface area contributed by atoms with Crippen LogP contribution in [-0.4, -0.2) is 21.6 Å². The molecule has 6 nitrogen and oxygen atoms in total. The van der Waals surface area contributed by atoms with Crippen LogP contribution in [0.2, 0.25) is 0 Å². The molecule has 2 heterocycles. The van der Waals surface area contributed by atoms with E-state index in [0.717, 1.165) is 16.7 Å². The maximum absolute atomic E-state index is 12.8. The number of benzene rings is 2. The second-order valence-corrected chi connectivity index (χ2v) is 7.76. The molecule has 1 amide bonds. The molecule has 0 aliphatic heterocycles. The number of nitrogens with zero attached hydrogens (tertiary/aromatic N) is 1. The number of carbonyl (C=O) groups excluding carboxylic acids is 1. The number of aromatic nitrogens is 2. The van der Waals surface area contributed by atoms with Gasteiger partial charge in [0.25, 0.3) is 11.5 Å². The van der Waals surface area contributed by atoms with Crippen molar-refractivity contribution in [2.75, 3.05) is 0 Å². The van der Waals surface area contributed by atoms with Gasteiger partial charge in [-0.25, -0.2) is 0 Å². The summed E-state index contributed by atoms with van der Waals surface area (Å²) in [7, 11) is 0. The molecular formula is C25H25N3O3. The maximum atomic E-state index is 12.8. The van der Waals surface area contributed by atoms with Crippen molar-refractivity contribution in [3.8, 4) is 11.4 Å². The Morgan fingerprint density at radius 3 is 2.35 bits per heavy atom. The summed E-state index contributed by atoms with van der Waals surface area (Å²) in [5.41, 5.74) is 2.50. The zero-order valence-electron chi connectivity index (χ0n) is 17.8.